The van der Waals surface area contributed by atoms with E-state index < -0.39 is 0 Å². The van der Waals surface area contributed by atoms with Gasteiger partial charge in [0, 0.05) is 21.7 Å². The standard InChI is InChI=1S/C12H9.Ti/c1-3-7-11(8-4-1)12-9-5-2-6-10-12;/h1,3-10H;/q-1;. The zero-order valence-electron chi connectivity index (χ0n) is 7.20. The Morgan fingerprint density at radius 1 is 0.692 bits per heavy atom. The zero-order valence-corrected chi connectivity index (χ0v) is 8.76. The Bertz CT molecular complexity index is 303. The maximum absolute atomic E-state index is 3.00. The Hall–Kier alpha value is -0.846. The van der Waals surface area contributed by atoms with Gasteiger partial charge in [0.15, 0.2) is 0 Å². The predicted molar refractivity (Wildman–Crippen MR) is 50.7 cm³/mol. The van der Waals surface area contributed by atoms with Crippen LogP contribution in [0.25, 0.3) is 11.1 Å². The fourth-order valence-electron chi connectivity index (χ4n) is 1.21. The summed E-state index contributed by atoms with van der Waals surface area (Å²) in [5.41, 5.74) is 2.50. The molecule has 0 nitrogen and oxygen atoms in total. The van der Waals surface area contributed by atoms with Gasteiger partial charge in [-0.05, 0) is 5.56 Å². The number of hydrogen-bond acceptors (Lipinski definition) is 0. The van der Waals surface area contributed by atoms with E-state index in [0.717, 1.165) is 0 Å². The van der Waals surface area contributed by atoms with Crippen LogP contribution in [-0.4, -0.2) is 0 Å². The largest absolute Gasteiger partial charge is 0.184 e. The molecule has 0 fully saturated rings. The summed E-state index contributed by atoms with van der Waals surface area (Å²) in [7, 11) is 0. The van der Waals surface area contributed by atoms with E-state index in [1.807, 2.05) is 30.3 Å². The minimum Gasteiger partial charge on any atom is -0.184 e. The molecule has 0 saturated heterocycles. The van der Waals surface area contributed by atoms with E-state index in [4.69, 9.17) is 0 Å². The molecule has 62 valence electrons. The van der Waals surface area contributed by atoms with E-state index in [1.165, 1.54) is 11.1 Å². The van der Waals surface area contributed by atoms with Gasteiger partial charge in [0.2, 0.25) is 0 Å². The summed E-state index contributed by atoms with van der Waals surface area (Å²) in [6, 6.07) is 21.3. The summed E-state index contributed by atoms with van der Waals surface area (Å²) in [6.45, 7) is 0. The first-order valence-corrected chi connectivity index (χ1v) is 3.98. The molecule has 0 amide bonds. The molecule has 13 heavy (non-hydrogen) atoms. The Balaban J connectivity index is 0.000000845. The van der Waals surface area contributed by atoms with Gasteiger partial charge in [-0.25, -0.2) is 0 Å². The molecule has 0 aliphatic carbocycles. The van der Waals surface area contributed by atoms with Crippen LogP contribution >= 0.6 is 0 Å². The number of rotatable bonds is 1. The smallest absolute Gasteiger partial charge is 0 e. The first-order chi connectivity index (χ1) is 5.97. The second-order valence-corrected chi connectivity index (χ2v) is 2.65. The molecule has 0 spiro atoms. The van der Waals surface area contributed by atoms with Gasteiger partial charge in [0.05, 0.1) is 0 Å². The Morgan fingerprint density at radius 3 is 1.85 bits per heavy atom. The van der Waals surface area contributed by atoms with E-state index in [2.05, 4.69) is 30.3 Å². The van der Waals surface area contributed by atoms with Gasteiger partial charge >= 0.3 is 0 Å². The second-order valence-electron chi connectivity index (χ2n) is 2.65. The average Bonchev–Trinajstić information content (AvgIpc) is 2.21. The molecule has 0 saturated carbocycles. The van der Waals surface area contributed by atoms with Gasteiger partial charge in [-0.1, -0.05) is 30.3 Å². The molecule has 0 aliphatic heterocycles. The summed E-state index contributed by atoms with van der Waals surface area (Å²) >= 11 is 0. The third-order valence-electron chi connectivity index (χ3n) is 1.83. The molecular formula is C12H9Ti-. The SMILES string of the molecule is [Ti].[c-]1ccc(-c2ccccc2)cc1. The quantitative estimate of drug-likeness (QED) is 0.491. The monoisotopic (exact) mass is 201 g/mol. The molecule has 0 radical (unpaired) electrons. The molecule has 0 atom stereocenters. The maximum atomic E-state index is 3.00. The summed E-state index contributed by atoms with van der Waals surface area (Å²) in [5, 5.41) is 0. The summed E-state index contributed by atoms with van der Waals surface area (Å²) in [6.07, 6.45) is 0. The number of hydrogen-bond donors (Lipinski definition) is 0. The van der Waals surface area contributed by atoms with Crippen LogP contribution in [-0.2, 0) is 21.7 Å². The molecular weight excluding hydrogens is 192 g/mol. The van der Waals surface area contributed by atoms with Crippen LogP contribution in [0, 0.1) is 6.07 Å². The Kier molecular flexibility index (Phi) is 3.94. The Morgan fingerprint density at radius 2 is 1.23 bits per heavy atom. The van der Waals surface area contributed by atoms with E-state index in [9.17, 15) is 0 Å². The number of benzene rings is 2. The van der Waals surface area contributed by atoms with E-state index >= 15 is 0 Å². The molecule has 2 aromatic carbocycles. The van der Waals surface area contributed by atoms with Gasteiger partial charge in [-0.15, -0.1) is 5.56 Å². The van der Waals surface area contributed by atoms with Crippen LogP contribution in [0.15, 0.2) is 54.6 Å². The molecule has 1 heteroatoms. The fourth-order valence-corrected chi connectivity index (χ4v) is 1.21. The van der Waals surface area contributed by atoms with Crippen LogP contribution in [0.1, 0.15) is 0 Å². The van der Waals surface area contributed by atoms with Crippen LogP contribution in [0.3, 0.4) is 0 Å². The zero-order chi connectivity index (χ0) is 8.23. The van der Waals surface area contributed by atoms with Gasteiger partial charge < -0.3 is 0 Å². The molecule has 0 bridgehead atoms. The predicted octanol–water partition coefficient (Wildman–Crippen LogP) is 3.15. The molecule has 2 aromatic rings. The van der Waals surface area contributed by atoms with E-state index in [-0.39, 0.29) is 21.7 Å². The van der Waals surface area contributed by atoms with E-state index in [1.54, 1.807) is 0 Å². The molecule has 0 unspecified atom stereocenters. The van der Waals surface area contributed by atoms with Crippen molar-refractivity contribution in [1.82, 2.24) is 0 Å². The van der Waals surface area contributed by atoms with Crippen molar-refractivity contribution in [3.8, 4) is 11.1 Å². The second kappa shape index (κ2) is 5.01. The van der Waals surface area contributed by atoms with E-state index in [0.29, 0.717) is 0 Å². The van der Waals surface area contributed by atoms with Crippen molar-refractivity contribution in [2.45, 2.75) is 0 Å². The first kappa shape index (κ1) is 10.2. The summed E-state index contributed by atoms with van der Waals surface area (Å²) < 4.78 is 0. The van der Waals surface area contributed by atoms with Crippen molar-refractivity contribution >= 4 is 0 Å². The topological polar surface area (TPSA) is 0 Å². The van der Waals surface area contributed by atoms with Crippen molar-refractivity contribution in [1.29, 1.82) is 0 Å². The van der Waals surface area contributed by atoms with Crippen molar-refractivity contribution in [2.24, 2.45) is 0 Å². The fraction of sp³-hybridized carbons (Fsp3) is 0. The molecule has 0 aromatic heterocycles. The summed E-state index contributed by atoms with van der Waals surface area (Å²) in [5.74, 6) is 0. The van der Waals surface area contributed by atoms with Gasteiger partial charge in [-0.2, -0.15) is 30.3 Å². The van der Waals surface area contributed by atoms with Crippen LogP contribution in [0.5, 0.6) is 0 Å². The molecule has 0 heterocycles. The molecule has 2 rings (SSSR count). The third kappa shape index (κ3) is 2.55. The van der Waals surface area contributed by atoms with Crippen molar-refractivity contribution in [3.05, 3.63) is 60.7 Å². The van der Waals surface area contributed by atoms with Crippen molar-refractivity contribution in [2.75, 3.05) is 0 Å². The van der Waals surface area contributed by atoms with Crippen molar-refractivity contribution in [3.63, 3.8) is 0 Å². The van der Waals surface area contributed by atoms with Crippen LogP contribution in [0.4, 0.5) is 0 Å². The van der Waals surface area contributed by atoms with Crippen LogP contribution in [0.2, 0.25) is 0 Å². The van der Waals surface area contributed by atoms with Gasteiger partial charge in [0.25, 0.3) is 0 Å². The first-order valence-electron chi connectivity index (χ1n) is 3.98. The van der Waals surface area contributed by atoms with Gasteiger partial charge in [-0.3, -0.25) is 0 Å². The van der Waals surface area contributed by atoms with Crippen LogP contribution < -0.4 is 0 Å². The minimum atomic E-state index is 0. The normalized spacial score (nSPS) is 8.92. The maximum Gasteiger partial charge on any atom is 0 e. The Labute approximate surface area is 93.5 Å². The van der Waals surface area contributed by atoms with Crippen molar-refractivity contribution < 1.29 is 21.7 Å². The molecule has 0 aliphatic rings. The van der Waals surface area contributed by atoms with Gasteiger partial charge in [0.1, 0.15) is 0 Å². The average molecular weight is 201 g/mol. The molecule has 0 N–H and O–H groups in total. The summed E-state index contributed by atoms with van der Waals surface area (Å²) in [4.78, 5) is 0. The third-order valence-corrected chi connectivity index (χ3v) is 1.83. The minimum absolute atomic E-state index is 0.